The van der Waals surface area contributed by atoms with E-state index in [0.29, 0.717) is 17.2 Å². The van der Waals surface area contributed by atoms with Gasteiger partial charge in [0.2, 0.25) is 0 Å². The van der Waals surface area contributed by atoms with E-state index in [1.807, 2.05) is 13.8 Å². The van der Waals surface area contributed by atoms with Crippen molar-refractivity contribution in [1.82, 2.24) is 4.83 Å². The maximum absolute atomic E-state index is 13.7. The van der Waals surface area contributed by atoms with Gasteiger partial charge in [0.1, 0.15) is 0 Å². The number of benzene rings is 2. The van der Waals surface area contributed by atoms with Crippen LogP contribution in [0.1, 0.15) is 87.1 Å². The molecule has 2 aromatic carbocycles. The normalized spacial score (nSPS) is 13.7. The van der Waals surface area contributed by atoms with Crippen LogP contribution in [-0.2, 0) is 16.2 Å². The second-order valence-corrected chi connectivity index (χ2v) is 10.7. The average Bonchev–Trinajstić information content (AvgIpc) is 2.71. The molecule has 2 aromatic rings. The number of sulfonamides is 1. The molecule has 0 heterocycles. The summed E-state index contributed by atoms with van der Waals surface area (Å²) < 4.78 is 107. The van der Waals surface area contributed by atoms with Crippen molar-refractivity contribution in [3.63, 3.8) is 0 Å². The summed E-state index contributed by atoms with van der Waals surface area (Å²) in [4.78, 5) is 1.46. The molecule has 0 unspecified atom stereocenters. The number of hydrogen-bond acceptors (Lipinski definition) is 3. The smallest absolute Gasteiger partial charge is 0.200 e. The van der Waals surface area contributed by atoms with Crippen LogP contribution >= 0.6 is 0 Å². The molecule has 1 N–H and O–H groups in total. The summed E-state index contributed by atoms with van der Waals surface area (Å²) in [5.41, 5.74) is -2.32. The van der Waals surface area contributed by atoms with Crippen molar-refractivity contribution in [2.45, 2.75) is 76.5 Å². The van der Waals surface area contributed by atoms with Crippen molar-refractivity contribution in [2.75, 3.05) is 0 Å². The minimum atomic E-state index is -5.23. The second kappa shape index (κ2) is 10.2. The van der Waals surface area contributed by atoms with Gasteiger partial charge in [-0.2, -0.15) is 44.7 Å². The van der Waals surface area contributed by atoms with E-state index >= 15 is 0 Å². The molecule has 0 aromatic heterocycles. The van der Waals surface area contributed by atoms with Crippen molar-refractivity contribution in [2.24, 2.45) is 5.10 Å². The van der Waals surface area contributed by atoms with Gasteiger partial charge in [0.15, 0.2) is 5.71 Å². The number of hydrogen-bond donors (Lipinski definition) is 1. The van der Waals surface area contributed by atoms with Crippen molar-refractivity contribution in [3.05, 3.63) is 64.2 Å². The van der Waals surface area contributed by atoms with E-state index < -0.39 is 39.2 Å². The number of alkyl halides is 6. The SMILES string of the molecule is CC(C)c1cc(C(C)C)c(S(=O)(=O)N/N=C(\c2cccc(C(F)(F)F)c2)C(F)(F)F)c(C(C)C)c1. The third kappa shape index (κ3) is 6.77. The van der Waals surface area contributed by atoms with Crippen LogP contribution in [0.3, 0.4) is 0 Å². The van der Waals surface area contributed by atoms with Gasteiger partial charge in [-0.1, -0.05) is 65.8 Å². The summed E-state index contributed by atoms with van der Waals surface area (Å²) in [6.45, 7) is 10.9. The van der Waals surface area contributed by atoms with Gasteiger partial charge in [-0.05, 0) is 46.6 Å². The zero-order valence-electron chi connectivity index (χ0n) is 20.1. The fourth-order valence-electron chi connectivity index (χ4n) is 3.49. The molecule has 0 aliphatic heterocycles. The fourth-order valence-corrected chi connectivity index (χ4v) is 5.00. The topological polar surface area (TPSA) is 58.5 Å². The van der Waals surface area contributed by atoms with Gasteiger partial charge in [0.25, 0.3) is 10.0 Å². The van der Waals surface area contributed by atoms with Crippen molar-refractivity contribution >= 4 is 15.7 Å². The molecule has 0 aliphatic carbocycles. The van der Waals surface area contributed by atoms with Crippen LogP contribution in [0.25, 0.3) is 0 Å². The minimum absolute atomic E-state index is 0.0745. The van der Waals surface area contributed by atoms with E-state index in [1.54, 1.807) is 44.7 Å². The van der Waals surface area contributed by atoms with Gasteiger partial charge in [0, 0.05) is 5.56 Å². The molecular formula is C24H28F6N2O2S. The highest BCUT2D eigenvalue weighted by Gasteiger charge is 2.39. The zero-order chi connectivity index (χ0) is 26.9. The summed E-state index contributed by atoms with van der Waals surface area (Å²) in [5.74, 6) is -0.495. The van der Waals surface area contributed by atoms with E-state index in [-0.39, 0.29) is 28.7 Å². The van der Waals surface area contributed by atoms with Crippen molar-refractivity contribution < 1.29 is 34.8 Å². The van der Waals surface area contributed by atoms with E-state index in [4.69, 9.17) is 0 Å². The Labute approximate surface area is 201 Å². The van der Waals surface area contributed by atoms with Crippen LogP contribution in [0.5, 0.6) is 0 Å². The monoisotopic (exact) mass is 522 g/mol. The molecular weight excluding hydrogens is 494 g/mol. The Morgan fingerprint density at radius 2 is 1.34 bits per heavy atom. The van der Waals surface area contributed by atoms with Gasteiger partial charge < -0.3 is 0 Å². The van der Waals surface area contributed by atoms with Gasteiger partial charge in [-0.3, -0.25) is 0 Å². The Kier molecular flexibility index (Phi) is 8.36. The Morgan fingerprint density at radius 1 is 0.829 bits per heavy atom. The molecule has 2 rings (SSSR count). The molecule has 0 saturated carbocycles. The average molecular weight is 523 g/mol. The van der Waals surface area contributed by atoms with E-state index in [2.05, 4.69) is 5.10 Å². The Hall–Kier alpha value is -2.56. The number of nitrogens with one attached hydrogen (secondary N) is 1. The molecule has 194 valence electrons. The summed E-state index contributed by atoms with van der Waals surface area (Å²) in [6.07, 6.45) is -10.1. The van der Waals surface area contributed by atoms with E-state index in [9.17, 15) is 34.8 Å². The lowest BCUT2D eigenvalue weighted by atomic mass is 9.89. The highest BCUT2D eigenvalue weighted by atomic mass is 32.2. The lowest BCUT2D eigenvalue weighted by Gasteiger charge is -2.22. The summed E-state index contributed by atoms with van der Waals surface area (Å²) >= 11 is 0. The van der Waals surface area contributed by atoms with Crippen LogP contribution in [-0.4, -0.2) is 20.3 Å². The first-order valence-electron chi connectivity index (χ1n) is 10.9. The number of nitrogens with zero attached hydrogens (tertiary/aromatic N) is 1. The van der Waals surface area contributed by atoms with Crippen molar-refractivity contribution in [3.8, 4) is 0 Å². The second-order valence-electron chi connectivity index (χ2n) is 9.12. The molecule has 0 aliphatic rings. The Bertz CT molecular complexity index is 1170. The van der Waals surface area contributed by atoms with Crippen molar-refractivity contribution in [1.29, 1.82) is 0 Å². The lowest BCUT2D eigenvalue weighted by Crippen LogP contribution is -2.30. The molecule has 0 atom stereocenters. The molecule has 4 nitrogen and oxygen atoms in total. The zero-order valence-corrected chi connectivity index (χ0v) is 21.0. The highest BCUT2D eigenvalue weighted by molar-refractivity contribution is 7.89. The number of halogens is 6. The third-order valence-corrected chi connectivity index (χ3v) is 6.70. The van der Waals surface area contributed by atoms with E-state index in [1.165, 1.54) is 0 Å². The van der Waals surface area contributed by atoms with Crippen LogP contribution < -0.4 is 4.83 Å². The van der Waals surface area contributed by atoms with E-state index in [0.717, 1.165) is 17.7 Å². The molecule has 11 heteroatoms. The summed E-state index contributed by atoms with van der Waals surface area (Å²) in [5, 5.41) is 3.08. The highest BCUT2D eigenvalue weighted by Crippen LogP contribution is 2.35. The number of rotatable bonds is 7. The summed E-state index contributed by atoms with van der Waals surface area (Å²) in [7, 11) is -4.62. The lowest BCUT2D eigenvalue weighted by molar-refractivity contribution is -0.137. The third-order valence-electron chi connectivity index (χ3n) is 5.36. The standard InChI is InChI=1S/C24H28F6N2O2S/c1-13(2)17-11-19(14(3)4)21(20(12-17)15(5)6)35(33,34)32-31-22(24(28,29)30)16-8-7-9-18(10-16)23(25,26)27/h7-15,32H,1-6H3/b31-22+. The number of hydrazone groups is 1. The van der Waals surface area contributed by atoms with Gasteiger partial charge in [-0.15, -0.1) is 0 Å². The molecule has 35 heavy (non-hydrogen) atoms. The first kappa shape index (κ1) is 28.7. The van der Waals surface area contributed by atoms with Gasteiger partial charge in [0.05, 0.1) is 10.5 Å². The van der Waals surface area contributed by atoms with Crippen LogP contribution in [0.2, 0.25) is 0 Å². The fraction of sp³-hybridized carbons (Fsp3) is 0.458. The molecule has 0 radical (unpaired) electrons. The summed E-state index contributed by atoms with van der Waals surface area (Å²) in [6, 6.07) is 5.88. The quantitative estimate of drug-likeness (QED) is 0.235. The van der Waals surface area contributed by atoms with Gasteiger partial charge in [-0.25, -0.2) is 0 Å². The first-order valence-corrected chi connectivity index (χ1v) is 12.4. The molecule has 0 bridgehead atoms. The van der Waals surface area contributed by atoms with Gasteiger partial charge >= 0.3 is 12.4 Å². The minimum Gasteiger partial charge on any atom is -0.200 e. The maximum atomic E-state index is 13.7. The van der Waals surface area contributed by atoms with Crippen LogP contribution in [0.4, 0.5) is 26.3 Å². The largest absolute Gasteiger partial charge is 0.435 e. The molecule has 0 fully saturated rings. The van der Waals surface area contributed by atoms with Crippen LogP contribution in [0, 0.1) is 0 Å². The molecule has 0 saturated heterocycles. The first-order chi connectivity index (χ1) is 15.9. The maximum Gasteiger partial charge on any atom is 0.435 e. The molecule has 0 spiro atoms. The Morgan fingerprint density at radius 3 is 1.74 bits per heavy atom. The Balaban J connectivity index is 2.70. The predicted octanol–water partition coefficient (Wildman–Crippen LogP) is 7.32. The predicted molar refractivity (Wildman–Crippen MR) is 123 cm³/mol. The molecule has 0 amide bonds. The van der Waals surface area contributed by atoms with Crippen LogP contribution in [0.15, 0.2) is 46.4 Å².